The van der Waals surface area contributed by atoms with Gasteiger partial charge in [-0.15, -0.1) is 0 Å². The summed E-state index contributed by atoms with van der Waals surface area (Å²) in [6.45, 7) is 3.79. The zero-order chi connectivity index (χ0) is 15.6. The summed E-state index contributed by atoms with van der Waals surface area (Å²) in [6.07, 6.45) is -1.92. The molecule has 1 aliphatic rings. The van der Waals surface area contributed by atoms with Gasteiger partial charge in [-0.25, -0.2) is 0 Å². The molecule has 1 unspecified atom stereocenters. The molecular weight excluding hydrogens is 279 g/mol. The van der Waals surface area contributed by atoms with Crippen LogP contribution in [0.4, 0.5) is 13.2 Å². The predicted octanol–water partition coefficient (Wildman–Crippen LogP) is 4.24. The fourth-order valence-electron chi connectivity index (χ4n) is 2.35. The molecule has 2 nitrogen and oxygen atoms in total. The lowest BCUT2D eigenvalue weighted by Gasteiger charge is -2.26. The van der Waals surface area contributed by atoms with E-state index in [4.69, 9.17) is 0 Å². The first-order valence-electron chi connectivity index (χ1n) is 7.30. The number of amides is 1. The van der Waals surface area contributed by atoms with Gasteiger partial charge in [0.2, 0.25) is 5.91 Å². The first-order chi connectivity index (χ1) is 9.84. The number of rotatable bonds is 5. The van der Waals surface area contributed by atoms with Gasteiger partial charge in [-0.2, -0.15) is 13.2 Å². The Hall–Kier alpha value is -1.52. The predicted molar refractivity (Wildman–Crippen MR) is 74.5 cm³/mol. The SMILES string of the molecule is CCC(C)C(=O)N(Cc1ccccc1C(F)(F)F)C1CC1. The molecule has 0 radical (unpaired) electrons. The van der Waals surface area contributed by atoms with E-state index >= 15 is 0 Å². The van der Waals surface area contributed by atoms with Gasteiger partial charge in [0.1, 0.15) is 0 Å². The molecule has 0 saturated heterocycles. The van der Waals surface area contributed by atoms with Gasteiger partial charge < -0.3 is 4.90 Å². The van der Waals surface area contributed by atoms with Crippen LogP contribution in [-0.2, 0) is 17.5 Å². The summed E-state index contributed by atoms with van der Waals surface area (Å²) in [5.74, 6) is -0.194. The first kappa shape index (κ1) is 15.9. The van der Waals surface area contributed by atoms with E-state index in [1.165, 1.54) is 12.1 Å². The van der Waals surface area contributed by atoms with Gasteiger partial charge in [-0.3, -0.25) is 4.79 Å². The van der Waals surface area contributed by atoms with Crippen LogP contribution in [-0.4, -0.2) is 16.8 Å². The molecule has 0 aromatic heterocycles. The van der Waals surface area contributed by atoms with Crippen molar-refractivity contribution in [2.75, 3.05) is 0 Å². The molecule has 1 saturated carbocycles. The van der Waals surface area contributed by atoms with Crippen LogP contribution in [0.15, 0.2) is 24.3 Å². The Morgan fingerprint density at radius 2 is 1.95 bits per heavy atom. The molecule has 1 fully saturated rings. The minimum atomic E-state index is -4.38. The highest BCUT2D eigenvalue weighted by atomic mass is 19.4. The highest BCUT2D eigenvalue weighted by Gasteiger charge is 2.37. The number of carbonyl (C=O) groups excluding carboxylic acids is 1. The molecule has 116 valence electrons. The summed E-state index contributed by atoms with van der Waals surface area (Å²) < 4.78 is 39.1. The Kier molecular flexibility index (Phi) is 4.59. The van der Waals surface area contributed by atoms with Gasteiger partial charge >= 0.3 is 6.18 Å². The van der Waals surface area contributed by atoms with Gasteiger partial charge in [0.05, 0.1) is 5.56 Å². The van der Waals surface area contributed by atoms with Crippen LogP contribution in [0.1, 0.15) is 44.2 Å². The number of halogens is 3. The molecular formula is C16H20F3NO. The molecule has 0 heterocycles. The average Bonchev–Trinajstić information content (AvgIpc) is 3.27. The number of hydrogen-bond donors (Lipinski definition) is 0. The second-order valence-corrected chi connectivity index (χ2v) is 5.66. The molecule has 0 aliphatic heterocycles. The summed E-state index contributed by atoms with van der Waals surface area (Å²) in [7, 11) is 0. The summed E-state index contributed by atoms with van der Waals surface area (Å²) >= 11 is 0. The number of benzene rings is 1. The Labute approximate surface area is 122 Å². The van der Waals surface area contributed by atoms with Crippen LogP contribution in [0.2, 0.25) is 0 Å². The van der Waals surface area contributed by atoms with E-state index in [1.54, 1.807) is 11.0 Å². The lowest BCUT2D eigenvalue weighted by Crippen LogP contribution is -2.36. The lowest BCUT2D eigenvalue weighted by molar-refractivity contribution is -0.141. The number of carbonyl (C=O) groups is 1. The van der Waals surface area contributed by atoms with E-state index in [2.05, 4.69) is 0 Å². The maximum absolute atomic E-state index is 13.0. The van der Waals surface area contributed by atoms with Crippen LogP contribution in [0.25, 0.3) is 0 Å². The molecule has 1 aromatic carbocycles. The largest absolute Gasteiger partial charge is 0.416 e. The molecule has 21 heavy (non-hydrogen) atoms. The van der Waals surface area contributed by atoms with Crippen molar-refractivity contribution < 1.29 is 18.0 Å². The van der Waals surface area contributed by atoms with Gasteiger partial charge in [-0.1, -0.05) is 32.0 Å². The second-order valence-electron chi connectivity index (χ2n) is 5.66. The van der Waals surface area contributed by atoms with Crippen molar-refractivity contribution in [1.29, 1.82) is 0 Å². The Morgan fingerprint density at radius 1 is 1.33 bits per heavy atom. The zero-order valence-electron chi connectivity index (χ0n) is 12.3. The first-order valence-corrected chi connectivity index (χ1v) is 7.30. The van der Waals surface area contributed by atoms with Crippen molar-refractivity contribution in [1.82, 2.24) is 4.90 Å². The maximum atomic E-state index is 13.0. The van der Waals surface area contributed by atoms with Crippen LogP contribution < -0.4 is 0 Å². The number of hydrogen-bond acceptors (Lipinski definition) is 1. The van der Waals surface area contributed by atoms with Crippen LogP contribution >= 0.6 is 0 Å². The molecule has 1 aromatic rings. The van der Waals surface area contributed by atoms with Crippen molar-refractivity contribution in [2.24, 2.45) is 5.92 Å². The fraction of sp³-hybridized carbons (Fsp3) is 0.562. The number of alkyl halides is 3. The monoisotopic (exact) mass is 299 g/mol. The molecule has 1 aliphatic carbocycles. The maximum Gasteiger partial charge on any atom is 0.416 e. The van der Waals surface area contributed by atoms with Gasteiger partial charge in [0.15, 0.2) is 0 Å². The number of nitrogens with zero attached hydrogens (tertiary/aromatic N) is 1. The van der Waals surface area contributed by atoms with E-state index < -0.39 is 11.7 Å². The third-order valence-electron chi connectivity index (χ3n) is 3.97. The Balaban J connectivity index is 2.24. The topological polar surface area (TPSA) is 20.3 Å². The highest BCUT2D eigenvalue weighted by Crippen LogP contribution is 2.35. The van der Waals surface area contributed by atoms with Crippen LogP contribution in [0, 0.1) is 5.92 Å². The van der Waals surface area contributed by atoms with Gasteiger partial charge in [0, 0.05) is 18.5 Å². The quantitative estimate of drug-likeness (QED) is 0.796. The van der Waals surface area contributed by atoms with Crippen molar-refractivity contribution in [3.05, 3.63) is 35.4 Å². The molecule has 1 atom stereocenters. The molecule has 5 heteroatoms. The van der Waals surface area contributed by atoms with Crippen molar-refractivity contribution in [3.8, 4) is 0 Å². The third kappa shape index (κ3) is 3.77. The standard InChI is InChI=1S/C16H20F3NO/c1-3-11(2)15(21)20(13-8-9-13)10-12-6-4-5-7-14(12)16(17,18)19/h4-7,11,13H,3,8-10H2,1-2H3. The average molecular weight is 299 g/mol. The molecule has 0 bridgehead atoms. The Bertz CT molecular complexity index is 508. The van der Waals surface area contributed by atoms with E-state index in [0.29, 0.717) is 6.42 Å². The molecule has 0 N–H and O–H groups in total. The zero-order valence-corrected chi connectivity index (χ0v) is 12.3. The van der Waals surface area contributed by atoms with Crippen molar-refractivity contribution >= 4 is 5.91 Å². The van der Waals surface area contributed by atoms with E-state index in [1.807, 2.05) is 13.8 Å². The van der Waals surface area contributed by atoms with E-state index in [-0.39, 0.29) is 30.0 Å². The molecule has 2 rings (SSSR count). The van der Waals surface area contributed by atoms with E-state index in [0.717, 1.165) is 18.9 Å². The summed E-state index contributed by atoms with van der Waals surface area (Å²) in [6, 6.07) is 5.61. The summed E-state index contributed by atoms with van der Waals surface area (Å²) in [5.41, 5.74) is -0.471. The van der Waals surface area contributed by atoms with Gasteiger partial charge in [0.25, 0.3) is 0 Å². The van der Waals surface area contributed by atoms with Crippen LogP contribution in [0.3, 0.4) is 0 Å². The summed E-state index contributed by atoms with van der Waals surface area (Å²) in [4.78, 5) is 14.0. The highest BCUT2D eigenvalue weighted by molar-refractivity contribution is 5.79. The van der Waals surface area contributed by atoms with E-state index in [9.17, 15) is 18.0 Å². The summed E-state index contributed by atoms with van der Waals surface area (Å²) in [5, 5.41) is 0. The molecule has 0 spiro atoms. The molecule has 1 amide bonds. The Morgan fingerprint density at radius 3 is 2.48 bits per heavy atom. The van der Waals surface area contributed by atoms with Crippen molar-refractivity contribution in [2.45, 2.75) is 51.9 Å². The fourth-order valence-corrected chi connectivity index (χ4v) is 2.35. The lowest BCUT2D eigenvalue weighted by atomic mass is 10.0. The smallest absolute Gasteiger partial charge is 0.335 e. The van der Waals surface area contributed by atoms with Crippen molar-refractivity contribution in [3.63, 3.8) is 0 Å². The minimum absolute atomic E-state index is 0.0445. The minimum Gasteiger partial charge on any atom is -0.335 e. The van der Waals surface area contributed by atoms with Gasteiger partial charge in [-0.05, 0) is 30.9 Å². The van der Waals surface area contributed by atoms with Crippen LogP contribution in [0.5, 0.6) is 0 Å². The third-order valence-corrected chi connectivity index (χ3v) is 3.97. The normalized spacial score (nSPS) is 16.6. The second kappa shape index (κ2) is 6.08.